The number of carbonyl (C=O) groups is 1. The second kappa shape index (κ2) is 5.35. The normalized spacial score (nSPS) is 11.1. The van der Waals surface area contributed by atoms with Crippen molar-refractivity contribution in [3.8, 4) is 11.6 Å². The number of methoxy groups -OCH3 is 1. The van der Waals surface area contributed by atoms with Crippen LogP contribution in [0, 0.1) is 0 Å². The summed E-state index contributed by atoms with van der Waals surface area (Å²) < 4.78 is 44.7. The molecule has 0 amide bonds. The molecule has 8 heteroatoms. The highest BCUT2D eigenvalue weighted by molar-refractivity contribution is 9.08. The van der Waals surface area contributed by atoms with E-state index >= 15 is 0 Å². The summed E-state index contributed by atoms with van der Waals surface area (Å²) in [5, 5.41) is 0.219. The van der Waals surface area contributed by atoms with Crippen LogP contribution in [0.3, 0.4) is 0 Å². The lowest BCUT2D eigenvalue weighted by Crippen LogP contribution is -2.19. The third kappa shape index (κ3) is 3.58. The largest absolute Gasteiger partial charge is 0.573 e. The number of carbonyl (C=O) groups excluding carboxylic acids is 1. The monoisotopic (exact) mass is 313 g/mol. The minimum Gasteiger partial charge on any atom is -0.481 e. The molecule has 17 heavy (non-hydrogen) atoms. The van der Waals surface area contributed by atoms with Crippen LogP contribution in [0.2, 0.25) is 0 Å². The molecule has 0 aliphatic heterocycles. The second-order valence-electron chi connectivity index (χ2n) is 2.84. The number of pyridine rings is 1. The molecule has 0 saturated carbocycles. The van der Waals surface area contributed by atoms with Crippen molar-refractivity contribution in [3.63, 3.8) is 0 Å². The number of hydrogen-bond donors (Lipinski definition) is 0. The molecule has 0 unspecified atom stereocenters. The van der Waals surface area contributed by atoms with Gasteiger partial charge in [-0.2, -0.15) is 0 Å². The van der Waals surface area contributed by atoms with Crippen LogP contribution in [0.4, 0.5) is 13.2 Å². The molecule has 0 aromatic carbocycles. The molecular weight excluding hydrogens is 307 g/mol. The number of ether oxygens (including phenoxy) is 2. The summed E-state index contributed by atoms with van der Waals surface area (Å²) >= 11 is 3.06. The number of alkyl halides is 4. The molecule has 1 rings (SSSR count). The fourth-order valence-corrected chi connectivity index (χ4v) is 1.50. The lowest BCUT2D eigenvalue weighted by atomic mass is 10.2. The molecule has 0 radical (unpaired) electrons. The fourth-order valence-electron chi connectivity index (χ4n) is 1.09. The van der Waals surface area contributed by atoms with E-state index in [2.05, 4.69) is 25.7 Å². The van der Waals surface area contributed by atoms with Gasteiger partial charge in [0.15, 0.2) is 12.0 Å². The van der Waals surface area contributed by atoms with Crippen LogP contribution in [-0.4, -0.2) is 24.7 Å². The van der Waals surface area contributed by atoms with E-state index in [9.17, 15) is 18.0 Å². The predicted molar refractivity (Wildman–Crippen MR) is 55.5 cm³/mol. The maximum absolute atomic E-state index is 12.1. The Kier molecular flexibility index (Phi) is 4.33. The average Bonchev–Trinajstić information content (AvgIpc) is 2.26. The molecule has 0 bridgehead atoms. The summed E-state index contributed by atoms with van der Waals surface area (Å²) in [5.41, 5.74) is -0.124. The van der Waals surface area contributed by atoms with Gasteiger partial charge in [-0.25, -0.2) is 4.98 Å². The van der Waals surface area contributed by atoms with Gasteiger partial charge in [0.1, 0.15) is 5.69 Å². The number of rotatable bonds is 4. The molecule has 0 fully saturated rings. The first-order valence-electron chi connectivity index (χ1n) is 4.26. The molecule has 1 heterocycles. The molecule has 94 valence electrons. The SMILES string of the molecule is COc1nc(C=O)c(OC(F)(F)F)cc1CBr. The number of aldehydes is 1. The first kappa shape index (κ1) is 13.8. The van der Waals surface area contributed by atoms with Crippen molar-refractivity contribution in [3.05, 3.63) is 17.3 Å². The van der Waals surface area contributed by atoms with Crippen LogP contribution in [0.25, 0.3) is 0 Å². The first-order valence-corrected chi connectivity index (χ1v) is 5.38. The van der Waals surface area contributed by atoms with Gasteiger partial charge in [-0.3, -0.25) is 4.79 Å². The molecule has 1 aromatic heterocycles. The van der Waals surface area contributed by atoms with Gasteiger partial charge >= 0.3 is 6.36 Å². The van der Waals surface area contributed by atoms with Gasteiger partial charge in [-0.15, -0.1) is 13.2 Å². The standard InChI is InChI=1S/C9H7BrF3NO3/c1-16-8-5(3-10)2-7(6(4-15)14-8)17-9(11,12)13/h2,4H,3H2,1H3. The lowest BCUT2D eigenvalue weighted by Gasteiger charge is -2.13. The van der Waals surface area contributed by atoms with Gasteiger partial charge in [-0.05, 0) is 6.07 Å². The molecule has 0 saturated heterocycles. The molecule has 1 aromatic rings. The van der Waals surface area contributed by atoms with E-state index in [4.69, 9.17) is 4.74 Å². The molecule has 0 aliphatic rings. The van der Waals surface area contributed by atoms with Crippen molar-refractivity contribution in [2.24, 2.45) is 0 Å². The van der Waals surface area contributed by atoms with Crippen molar-refractivity contribution >= 4 is 22.2 Å². The third-order valence-electron chi connectivity index (χ3n) is 1.73. The van der Waals surface area contributed by atoms with E-state index in [0.29, 0.717) is 5.56 Å². The Bertz CT molecular complexity index is 423. The van der Waals surface area contributed by atoms with E-state index in [1.807, 2.05) is 0 Å². The van der Waals surface area contributed by atoms with Crippen LogP contribution >= 0.6 is 15.9 Å². The van der Waals surface area contributed by atoms with Crippen LogP contribution in [0.15, 0.2) is 6.07 Å². The van der Waals surface area contributed by atoms with E-state index < -0.39 is 17.8 Å². The number of hydrogen-bond acceptors (Lipinski definition) is 4. The third-order valence-corrected chi connectivity index (χ3v) is 2.33. The zero-order valence-corrected chi connectivity index (χ0v) is 10.1. The molecule has 0 aliphatic carbocycles. The number of halogens is 4. The van der Waals surface area contributed by atoms with Crippen LogP contribution in [-0.2, 0) is 5.33 Å². The van der Waals surface area contributed by atoms with Gasteiger partial charge in [0.25, 0.3) is 0 Å². The lowest BCUT2D eigenvalue weighted by molar-refractivity contribution is -0.274. The Labute approximate surface area is 103 Å². The molecule has 4 nitrogen and oxygen atoms in total. The van der Waals surface area contributed by atoms with Gasteiger partial charge < -0.3 is 9.47 Å². The summed E-state index contributed by atoms with van der Waals surface area (Å²) in [6.45, 7) is 0. The summed E-state index contributed by atoms with van der Waals surface area (Å²) in [6, 6.07) is 1.05. The molecule has 0 atom stereocenters. The Hall–Kier alpha value is -1.31. The zero-order chi connectivity index (χ0) is 13.1. The fraction of sp³-hybridized carbons (Fsp3) is 0.333. The Morgan fingerprint density at radius 3 is 2.59 bits per heavy atom. The van der Waals surface area contributed by atoms with E-state index in [0.717, 1.165) is 6.07 Å². The van der Waals surface area contributed by atoms with E-state index in [-0.39, 0.29) is 17.5 Å². The van der Waals surface area contributed by atoms with Crippen molar-refractivity contribution < 1.29 is 27.4 Å². The average molecular weight is 314 g/mol. The van der Waals surface area contributed by atoms with Gasteiger partial charge in [-0.1, -0.05) is 15.9 Å². The summed E-state index contributed by atoms with van der Waals surface area (Å²) in [5.74, 6) is -0.582. The minimum absolute atomic E-state index is 0.0681. The quantitative estimate of drug-likeness (QED) is 0.633. The van der Waals surface area contributed by atoms with Crippen molar-refractivity contribution in [2.75, 3.05) is 7.11 Å². The van der Waals surface area contributed by atoms with Gasteiger partial charge in [0.05, 0.1) is 7.11 Å². The summed E-state index contributed by atoms with van der Waals surface area (Å²) in [4.78, 5) is 14.2. The number of nitrogens with zero attached hydrogens (tertiary/aromatic N) is 1. The summed E-state index contributed by atoms with van der Waals surface area (Å²) in [6.07, 6.45) is -4.71. The Balaban J connectivity index is 3.24. The zero-order valence-electron chi connectivity index (χ0n) is 8.55. The van der Waals surface area contributed by atoms with E-state index in [1.54, 1.807) is 0 Å². The van der Waals surface area contributed by atoms with Gasteiger partial charge in [0, 0.05) is 10.9 Å². The topological polar surface area (TPSA) is 48.4 Å². The van der Waals surface area contributed by atoms with Crippen LogP contribution < -0.4 is 9.47 Å². The maximum Gasteiger partial charge on any atom is 0.573 e. The van der Waals surface area contributed by atoms with Crippen LogP contribution in [0.1, 0.15) is 16.1 Å². The smallest absolute Gasteiger partial charge is 0.481 e. The van der Waals surface area contributed by atoms with Gasteiger partial charge in [0.2, 0.25) is 5.88 Å². The number of aromatic nitrogens is 1. The van der Waals surface area contributed by atoms with Crippen molar-refractivity contribution in [2.45, 2.75) is 11.7 Å². The van der Waals surface area contributed by atoms with Crippen molar-refractivity contribution in [1.82, 2.24) is 4.98 Å². The molecule has 0 N–H and O–H groups in total. The first-order chi connectivity index (χ1) is 7.91. The maximum atomic E-state index is 12.1. The highest BCUT2D eigenvalue weighted by Crippen LogP contribution is 2.30. The highest BCUT2D eigenvalue weighted by atomic mass is 79.9. The van der Waals surface area contributed by atoms with E-state index in [1.165, 1.54) is 7.11 Å². The Morgan fingerprint density at radius 2 is 2.18 bits per heavy atom. The second-order valence-corrected chi connectivity index (χ2v) is 3.40. The minimum atomic E-state index is -4.88. The summed E-state index contributed by atoms with van der Waals surface area (Å²) in [7, 11) is 1.30. The predicted octanol–water partition coefficient (Wildman–Crippen LogP) is 2.70. The Morgan fingerprint density at radius 1 is 1.53 bits per heavy atom. The molecule has 0 spiro atoms. The molecular formula is C9H7BrF3NO3. The van der Waals surface area contributed by atoms with Crippen LogP contribution in [0.5, 0.6) is 11.6 Å². The van der Waals surface area contributed by atoms with Crippen molar-refractivity contribution in [1.29, 1.82) is 0 Å². The highest BCUT2D eigenvalue weighted by Gasteiger charge is 2.33.